The van der Waals surface area contributed by atoms with Crippen LogP contribution in [0, 0.1) is 20.8 Å². The van der Waals surface area contributed by atoms with Gasteiger partial charge in [0.05, 0.1) is 5.69 Å². The van der Waals surface area contributed by atoms with Crippen molar-refractivity contribution >= 4 is 17.2 Å². The van der Waals surface area contributed by atoms with Crippen LogP contribution < -0.4 is 5.32 Å². The third-order valence-corrected chi connectivity index (χ3v) is 3.32. The molecule has 1 N–H and O–H groups in total. The molecule has 0 fully saturated rings. The highest BCUT2D eigenvalue weighted by atomic mass is 16.1. The molecule has 0 aliphatic carbocycles. The van der Waals surface area contributed by atoms with Crippen molar-refractivity contribution in [3.05, 3.63) is 65.1 Å². The summed E-state index contributed by atoms with van der Waals surface area (Å²) >= 11 is 0. The number of imidazole rings is 1. The maximum absolute atomic E-state index is 12.3. The molecule has 0 unspecified atom stereocenters. The molecule has 0 aliphatic heterocycles. The largest absolute Gasteiger partial charge is 0.322 e. The number of rotatable bonds is 2. The SMILES string of the molecule is Cc1cc(C)cc(NC(=O)c2ccn3cc(C)nc3c2)c1. The van der Waals surface area contributed by atoms with E-state index in [1.54, 1.807) is 12.1 Å². The Hall–Kier alpha value is -2.62. The van der Waals surface area contributed by atoms with Crippen LogP contribution in [-0.4, -0.2) is 15.3 Å². The summed E-state index contributed by atoms with van der Waals surface area (Å²) in [6.45, 7) is 5.96. The number of benzene rings is 1. The molecule has 3 rings (SSSR count). The first-order chi connectivity index (χ1) is 10.0. The van der Waals surface area contributed by atoms with E-state index in [0.29, 0.717) is 5.56 Å². The topological polar surface area (TPSA) is 46.4 Å². The minimum Gasteiger partial charge on any atom is -0.322 e. The molecule has 0 aliphatic rings. The van der Waals surface area contributed by atoms with Gasteiger partial charge in [0.15, 0.2) is 0 Å². The summed E-state index contributed by atoms with van der Waals surface area (Å²) in [5.41, 5.74) is 5.39. The van der Waals surface area contributed by atoms with E-state index in [-0.39, 0.29) is 5.91 Å². The fourth-order valence-corrected chi connectivity index (χ4v) is 2.50. The third-order valence-electron chi connectivity index (χ3n) is 3.32. The zero-order valence-electron chi connectivity index (χ0n) is 12.3. The number of carbonyl (C=O) groups is 1. The lowest BCUT2D eigenvalue weighted by Crippen LogP contribution is -2.12. The fraction of sp³-hybridized carbons (Fsp3) is 0.176. The van der Waals surface area contributed by atoms with Crippen LogP contribution >= 0.6 is 0 Å². The summed E-state index contributed by atoms with van der Waals surface area (Å²) in [4.78, 5) is 16.7. The van der Waals surface area contributed by atoms with Crippen LogP contribution in [0.15, 0.2) is 42.7 Å². The van der Waals surface area contributed by atoms with Gasteiger partial charge in [0.25, 0.3) is 5.91 Å². The number of fused-ring (bicyclic) bond motifs is 1. The molecule has 106 valence electrons. The van der Waals surface area contributed by atoms with Gasteiger partial charge in [-0.1, -0.05) is 6.07 Å². The van der Waals surface area contributed by atoms with Crippen molar-refractivity contribution in [2.24, 2.45) is 0 Å². The lowest BCUT2D eigenvalue weighted by Gasteiger charge is -2.08. The molecule has 0 atom stereocenters. The second-order valence-electron chi connectivity index (χ2n) is 5.39. The second-order valence-corrected chi connectivity index (χ2v) is 5.39. The van der Waals surface area contributed by atoms with E-state index in [1.165, 1.54) is 0 Å². The number of pyridine rings is 1. The average molecular weight is 279 g/mol. The standard InChI is InChI=1S/C17H17N3O/c1-11-6-12(2)8-15(7-11)19-17(21)14-4-5-20-10-13(3)18-16(20)9-14/h4-10H,1-3H3,(H,19,21). The smallest absolute Gasteiger partial charge is 0.255 e. The van der Waals surface area contributed by atoms with Gasteiger partial charge in [-0.15, -0.1) is 0 Å². The normalized spacial score (nSPS) is 10.8. The lowest BCUT2D eigenvalue weighted by atomic mass is 10.1. The minimum atomic E-state index is -0.122. The predicted molar refractivity (Wildman–Crippen MR) is 83.8 cm³/mol. The molecule has 0 saturated carbocycles. The van der Waals surface area contributed by atoms with E-state index in [9.17, 15) is 4.79 Å². The Morgan fingerprint density at radius 2 is 1.81 bits per heavy atom. The van der Waals surface area contributed by atoms with E-state index in [2.05, 4.69) is 16.4 Å². The van der Waals surface area contributed by atoms with E-state index in [4.69, 9.17) is 0 Å². The Balaban J connectivity index is 1.89. The number of aryl methyl sites for hydroxylation is 3. The highest BCUT2D eigenvalue weighted by Crippen LogP contribution is 2.15. The van der Waals surface area contributed by atoms with Gasteiger partial charge >= 0.3 is 0 Å². The fourth-order valence-electron chi connectivity index (χ4n) is 2.50. The molecule has 0 saturated heterocycles. The van der Waals surface area contributed by atoms with Gasteiger partial charge in [-0.25, -0.2) is 4.98 Å². The number of amides is 1. The van der Waals surface area contributed by atoms with Crippen LogP contribution in [0.5, 0.6) is 0 Å². The molecule has 0 radical (unpaired) electrons. The number of nitrogens with one attached hydrogen (secondary N) is 1. The molecular formula is C17H17N3O. The molecular weight excluding hydrogens is 262 g/mol. The van der Waals surface area contributed by atoms with E-state index < -0.39 is 0 Å². The summed E-state index contributed by atoms with van der Waals surface area (Å²) < 4.78 is 1.91. The molecule has 4 heteroatoms. The monoisotopic (exact) mass is 279 g/mol. The number of carbonyl (C=O) groups excluding carboxylic acids is 1. The quantitative estimate of drug-likeness (QED) is 0.780. The summed E-state index contributed by atoms with van der Waals surface area (Å²) in [5, 5.41) is 2.94. The Kier molecular flexibility index (Phi) is 3.22. The number of anilines is 1. The number of hydrogen-bond acceptors (Lipinski definition) is 2. The van der Waals surface area contributed by atoms with Gasteiger partial charge in [-0.2, -0.15) is 0 Å². The Morgan fingerprint density at radius 1 is 1.10 bits per heavy atom. The summed E-state index contributed by atoms with van der Waals surface area (Å²) in [6, 6.07) is 9.60. The molecule has 2 aromatic heterocycles. The molecule has 1 aromatic carbocycles. The van der Waals surface area contributed by atoms with Gasteiger partial charge in [-0.05, 0) is 56.2 Å². The third kappa shape index (κ3) is 2.79. The molecule has 0 bridgehead atoms. The van der Waals surface area contributed by atoms with Crippen molar-refractivity contribution in [1.82, 2.24) is 9.38 Å². The van der Waals surface area contributed by atoms with Crippen LogP contribution in [0.2, 0.25) is 0 Å². The van der Waals surface area contributed by atoms with Crippen LogP contribution in [-0.2, 0) is 0 Å². The molecule has 4 nitrogen and oxygen atoms in total. The molecule has 3 aromatic rings. The lowest BCUT2D eigenvalue weighted by molar-refractivity contribution is 0.102. The van der Waals surface area contributed by atoms with Crippen LogP contribution in [0.4, 0.5) is 5.69 Å². The van der Waals surface area contributed by atoms with Gasteiger partial charge in [-0.3, -0.25) is 4.79 Å². The van der Waals surface area contributed by atoms with Crippen molar-refractivity contribution in [3.63, 3.8) is 0 Å². The Bertz CT molecular complexity index is 813. The molecule has 0 spiro atoms. The van der Waals surface area contributed by atoms with Gasteiger partial charge in [0.1, 0.15) is 5.65 Å². The van der Waals surface area contributed by atoms with Crippen molar-refractivity contribution in [2.75, 3.05) is 5.32 Å². The highest BCUT2D eigenvalue weighted by molar-refractivity contribution is 6.04. The molecule has 1 amide bonds. The highest BCUT2D eigenvalue weighted by Gasteiger charge is 2.08. The predicted octanol–water partition coefficient (Wildman–Crippen LogP) is 3.51. The minimum absolute atomic E-state index is 0.122. The number of aromatic nitrogens is 2. The van der Waals surface area contributed by atoms with Crippen molar-refractivity contribution in [2.45, 2.75) is 20.8 Å². The first-order valence-corrected chi connectivity index (χ1v) is 6.86. The van der Waals surface area contributed by atoms with Crippen molar-refractivity contribution in [1.29, 1.82) is 0 Å². The zero-order chi connectivity index (χ0) is 15.0. The summed E-state index contributed by atoms with van der Waals surface area (Å²) in [5.74, 6) is -0.122. The van der Waals surface area contributed by atoms with Crippen LogP contribution in [0.25, 0.3) is 5.65 Å². The van der Waals surface area contributed by atoms with Gasteiger partial charge in [0, 0.05) is 23.6 Å². The van der Waals surface area contributed by atoms with E-state index >= 15 is 0 Å². The van der Waals surface area contributed by atoms with E-state index in [1.807, 2.05) is 49.7 Å². The van der Waals surface area contributed by atoms with Gasteiger partial charge < -0.3 is 9.72 Å². The summed E-state index contributed by atoms with van der Waals surface area (Å²) in [6.07, 6.45) is 3.78. The number of nitrogens with zero attached hydrogens (tertiary/aromatic N) is 2. The number of hydrogen-bond donors (Lipinski definition) is 1. The average Bonchev–Trinajstić information content (AvgIpc) is 2.76. The van der Waals surface area contributed by atoms with Crippen molar-refractivity contribution in [3.8, 4) is 0 Å². The Morgan fingerprint density at radius 3 is 2.52 bits per heavy atom. The molecule has 2 heterocycles. The van der Waals surface area contributed by atoms with Crippen LogP contribution in [0.3, 0.4) is 0 Å². The van der Waals surface area contributed by atoms with Gasteiger partial charge in [0.2, 0.25) is 0 Å². The first-order valence-electron chi connectivity index (χ1n) is 6.86. The summed E-state index contributed by atoms with van der Waals surface area (Å²) in [7, 11) is 0. The van der Waals surface area contributed by atoms with Crippen molar-refractivity contribution < 1.29 is 4.79 Å². The van der Waals surface area contributed by atoms with E-state index in [0.717, 1.165) is 28.2 Å². The maximum atomic E-state index is 12.3. The van der Waals surface area contributed by atoms with Crippen LogP contribution in [0.1, 0.15) is 27.2 Å². The first kappa shape index (κ1) is 13.4. The second kappa shape index (κ2) is 5.05. The maximum Gasteiger partial charge on any atom is 0.255 e. The Labute approximate surface area is 123 Å². The zero-order valence-corrected chi connectivity index (χ0v) is 12.3. The molecule has 21 heavy (non-hydrogen) atoms.